The van der Waals surface area contributed by atoms with Crippen molar-refractivity contribution in [3.05, 3.63) is 41.7 Å². The van der Waals surface area contributed by atoms with Crippen LogP contribution in [0.4, 0.5) is 0 Å². The van der Waals surface area contributed by atoms with Gasteiger partial charge in [-0.25, -0.2) is 4.68 Å². The molecule has 0 aliphatic carbocycles. The van der Waals surface area contributed by atoms with Crippen LogP contribution < -0.4 is 5.32 Å². The predicted octanol–water partition coefficient (Wildman–Crippen LogP) is 1.82. The fourth-order valence-electron chi connectivity index (χ4n) is 2.73. The van der Waals surface area contributed by atoms with Gasteiger partial charge >= 0.3 is 0 Å². The molecule has 7 heteroatoms. The molecule has 1 aromatic carbocycles. The third-order valence-corrected chi connectivity index (χ3v) is 4.19. The van der Waals surface area contributed by atoms with Gasteiger partial charge in [-0.15, -0.1) is 17.5 Å². The summed E-state index contributed by atoms with van der Waals surface area (Å²) < 4.78 is 1.64. The molecule has 1 aliphatic rings. The van der Waals surface area contributed by atoms with E-state index in [-0.39, 0.29) is 24.4 Å². The van der Waals surface area contributed by atoms with Crippen molar-refractivity contribution in [3.8, 4) is 5.69 Å². The normalized spacial score (nSPS) is 15.0. The summed E-state index contributed by atoms with van der Waals surface area (Å²) in [5, 5.41) is 11.4. The number of aryl methyl sites for hydroxylation is 1. The zero-order valence-electron chi connectivity index (χ0n) is 13.4. The van der Waals surface area contributed by atoms with Crippen LogP contribution in [0.5, 0.6) is 0 Å². The molecular formula is C16H22ClN5O. The molecule has 6 nitrogen and oxygen atoms in total. The molecule has 0 radical (unpaired) electrons. The van der Waals surface area contributed by atoms with Crippen LogP contribution in [0, 0.1) is 6.92 Å². The highest BCUT2D eigenvalue weighted by molar-refractivity contribution is 5.92. The van der Waals surface area contributed by atoms with E-state index in [2.05, 4.69) is 15.6 Å². The molecule has 1 fully saturated rings. The zero-order valence-corrected chi connectivity index (χ0v) is 14.2. The Morgan fingerprint density at radius 1 is 1.26 bits per heavy atom. The van der Waals surface area contributed by atoms with Crippen molar-refractivity contribution in [1.82, 2.24) is 25.2 Å². The topological polar surface area (TPSA) is 63.1 Å². The highest BCUT2D eigenvalue weighted by Gasteiger charge is 2.24. The molecular weight excluding hydrogens is 314 g/mol. The van der Waals surface area contributed by atoms with Crippen molar-refractivity contribution in [2.24, 2.45) is 0 Å². The number of rotatable bonds is 3. The number of aromatic nitrogens is 3. The summed E-state index contributed by atoms with van der Waals surface area (Å²) in [6, 6.07) is 8.24. The Bertz CT molecular complexity index is 649. The van der Waals surface area contributed by atoms with Gasteiger partial charge in [0.2, 0.25) is 0 Å². The number of benzene rings is 1. The van der Waals surface area contributed by atoms with E-state index in [9.17, 15) is 4.79 Å². The minimum atomic E-state index is -0.0646. The van der Waals surface area contributed by atoms with E-state index in [1.54, 1.807) is 15.8 Å². The van der Waals surface area contributed by atoms with Gasteiger partial charge in [0.25, 0.3) is 5.91 Å². The highest BCUT2D eigenvalue weighted by Crippen LogP contribution is 2.14. The molecule has 3 rings (SSSR count). The monoisotopic (exact) mass is 335 g/mol. The smallest absolute Gasteiger partial charge is 0.276 e. The third kappa shape index (κ3) is 3.89. The summed E-state index contributed by atoms with van der Waals surface area (Å²) >= 11 is 0. The van der Waals surface area contributed by atoms with E-state index < -0.39 is 0 Å². The van der Waals surface area contributed by atoms with Gasteiger partial charge in [0.15, 0.2) is 5.69 Å². The number of nitrogens with zero attached hydrogens (tertiary/aromatic N) is 4. The number of hydrogen-bond acceptors (Lipinski definition) is 4. The van der Waals surface area contributed by atoms with Crippen LogP contribution in [0.2, 0.25) is 0 Å². The van der Waals surface area contributed by atoms with Crippen LogP contribution in [0.25, 0.3) is 5.69 Å². The number of amides is 1. The van der Waals surface area contributed by atoms with Gasteiger partial charge < -0.3 is 10.2 Å². The van der Waals surface area contributed by atoms with Crippen molar-refractivity contribution in [3.63, 3.8) is 0 Å². The van der Waals surface area contributed by atoms with Gasteiger partial charge in [0.1, 0.15) is 0 Å². The standard InChI is InChI=1S/C16H21N5O.ClH/c1-12-3-5-14(6-4-12)21-11-15(18-19-21)16(22)20(2)13-7-9-17-10-8-13;/h3-6,11,13,17H,7-10H2,1-2H3;1H. The molecule has 23 heavy (non-hydrogen) atoms. The Morgan fingerprint density at radius 3 is 2.57 bits per heavy atom. The number of halogens is 1. The molecule has 1 aliphatic heterocycles. The number of carbonyl (C=O) groups excluding carboxylic acids is 1. The number of carbonyl (C=O) groups is 1. The minimum Gasteiger partial charge on any atom is -0.337 e. The summed E-state index contributed by atoms with van der Waals surface area (Å²) in [5.74, 6) is -0.0646. The Hall–Kier alpha value is -1.92. The second kappa shape index (κ2) is 7.57. The van der Waals surface area contributed by atoms with Crippen molar-refractivity contribution >= 4 is 18.3 Å². The summed E-state index contributed by atoms with van der Waals surface area (Å²) in [7, 11) is 1.85. The number of piperidine rings is 1. The molecule has 0 saturated carbocycles. The first-order chi connectivity index (χ1) is 10.6. The molecule has 0 unspecified atom stereocenters. The number of nitrogens with one attached hydrogen (secondary N) is 1. The summed E-state index contributed by atoms with van der Waals surface area (Å²) in [5.41, 5.74) is 2.48. The minimum absolute atomic E-state index is 0. The second-order valence-electron chi connectivity index (χ2n) is 5.78. The Kier molecular flexibility index (Phi) is 5.74. The lowest BCUT2D eigenvalue weighted by Crippen LogP contribution is -2.44. The number of hydrogen-bond donors (Lipinski definition) is 1. The van der Waals surface area contributed by atoms with Crippen LogP contribution in [-0.4, -0.2) is 52.0 Å². The van der Waals surface area contributed by atoms with Crippen molar-refractivity contribution in [2.75, 3.05) is 20.1 Å². The summed E-state index contributed by atoms with van der Waals surface area (Å²) in [6.45, 7) is 3.95. The molecule has 1 saturated heterocycles. The van der Waals surface area contributed by atoms with Crippen LogP contribution in [-0.2, 0) is 0 Å². The maximum absolute atomic E-state index is 12.5. The van der Waals surface area contributed by atoms with E-state index in [0.717, 1.165) is 31.6 Å². The summed E-state index contributed by atoms with van der Waals surface area (Å²) in [4.78, 5) is 14.3. The van der Waals surface area contributed by atoms with Crippen LogP contribution in [0.1, 0.15) is 28.9 Å². The second-order valence-corrected chi connectivity index (χ2v) is 5.78. The SMILES string of the molecule is Cc1ccc(-n2cc(C(=O)N(C)C3CCNCC3)nn2)cc1.Cl. The molecule has 0 bridgehead atoms. The molecule has 124 valence electrons. The van der Waals surface area contributed by atoms with Crippen LogP contribution in [0.3, 0.4) is 0 Å². The molecule has 1 N–H and O–H groups in total. The van der Waals surface area contributed by atoms with Gasteiger partial charge in [0, 0.05) is 13.1 Å². The van der Waals surface area contributed by atoms with Gasteiger partial charge in [0.05, 0.1) is 11.9 Å². The van der Waals surface area contributed by atoms with E-state index in [4.69, 9.17) is 0 Å². The van der Waals surface area contributed by atoms with E-state index in [1.807, 2.05) is 38.2 Å². The lowest BCUT2D eigenvalue weighted by atomic mass is 10.1. The molecule has 0 spiro atoms. The van der Waals surface area contributed by atoms with Crippen molar-refractivity contribution in [1.29, 1.82) is 0 Å². The van der Waals surface area contributed by atoms with Gasteiger partial charge in [-0.1, -0.05) is 22.9 Å². The van der Waals surface area contributed by atoms with Gasteiger partial charge in [-0.3, -0.25) is 4.79 Å². The quantitative estimate of drug-likeness (QED) is 0.929. The Labute approximate surface area is 142 Å². The predicted molar refractivity (Wildman–Crippen MR) is 91.3 cm³/mol. The fraction of sp³-hybridized carbons (Fsp3) is 0.438. The first-order valence-corrected chi connectivity index (χ1v) is 7.62. The molecule has 1 aromatic heterocycles. The van der Waals surface area contributed by atoms with Crippen LogP contribution in [0.15, 0.2) is 30.5 Å². The summed E-state index contributed by atoms with van der Waals surface area (Å²) in [6.07, 6.45) is 3.66. The van der Waals surface area contributed by atoms with E-state index >= 15 is 0 Å². The van der Waals surface area contributed by atoms with E-state index in [0.29, 0.717) is 5.69 Å². The Balaban J connectivity index is 0.00000192. The van der Waals surface area contributed by atoms with Crippen molar-refractivity contribution in [2.45, 2.75) is 25.8 Å². The van der Waals surface area contributed by atoms with E-state index in [1.165, 1.54) is 5.56 Å². The molecule has 1 amide bonds. The molecule has 2 heterocycles. The highest BCUT2D eigenvalue weighted by atomic mass is 35.5. The first kappa shape index (κ1) is 17.4. The average molecular weight is 336 g/mol. The fourth-order valence-corrected chi connectivity index (χ4v) is 2.73. The maximum atomic E-state index is 12.5. The van der Waals surface area contributed by atoms with Crippen molar-refractivity contribution < 1.29 is 4.79 Å². The molecule has 0 atom stereocenters. The lowest BCUT2D eigenvalue weighted by Gasteiger charge is -2.31. The first-order valence-electron chi connectivity index (χ1n) is 7.62. The van der Waals surface area contributed by atoms with Gasteiger partial charge in [-0.2, -0.15) is 0 Å². The lowest BCUT2D eigenvalue weighted by molar-refractivity contribution is 0.0697. The van der Waals surface area contributed by atoms with Gasteiger partial charge in [-0.05, 0) is 45.0 Å². The largest absolute Gasteiger partial charge is 0.337 e. The average Bonchev–Trinajstić information content (AvgIpc) is 3.05. The maximum Gasteiger partial charge on any atom is 0.276 e. The zero-order chi connectivity index (χ0) is 15.5. The third-order valence-electron chi connectivity index (χ3n) is 4.19. The van der Waals surface area contributed by atoms with Crippen LogP contribution >= 0.6 is 12.4 Å². The molecule has 2 aromatic rings. The Morgan fingerprint density at radius 2 is 1.91 bits per heavy atom.